The van der Waals surface area contributed by atoms with Crippen molar-refractivity contribution in [1.82, 2.24) is 4.98 Å². The Labute approximate surface area is 137 Å². The molecule has 0 amide bonds. The number of halogens is 2. The lowest BCUT2D eigenvalue weighted by atomic mass is 10.2. The summed E-state index contributed by atoms with van der Waals surface area (Å²) < 4.78 is 29.5. The second-order valence-corrected chi connectivity index (χ2v) is 5.67. The van der Waals surface area contributed by atoms with Gasteiger partial charge < -0.3 is 9.64 Å². The van der Waals surface area contributed by atoms with E-state index < -0.39 is 12.0 Å². The number of carbonyl (C=O) groups excluding carboxylic acids is 1. The minimum Gasteiger partial charge on any atom is -0.461 e. The number of hydrogen-bond acceptors (Lipinski definition) is 5. The highest BCUT2D eigenvalue weighted by Gasteiger charge is 2.15. The monoisotopic (exact) mass is 338 g/mol. The summed E-state index contributed by atoms with van der Waals surface area (Å²) in [5.74, 6) is -0.610. The van der Waals surface area contributed by atoms with Crippen LogP contribution in [0.5, 0.6) is 0 Å². The van der Waals surface area contributed by atoms with Gasteiger partial charge >= 0.3 is 5.97 Å². The summed E-state index contributed by atoms with van der Waals surface area (Å²) >= 11 is 1.31. The zero-order valence-corrected chi connectivity index (χ0v) is 13.6. The molecule has 0 saturated heterocycles. The highest BCUT2D eigenvalue weighted by atomic mass is 32.1. The lowest BCUT2D eigenvalue weighted by molar-refractivity contribution is 0.0502. The molecule has 1 aromatic heterocycles. The molecule has 1 aromatic carbocycles. The van der Waals surface area contributed by atoms with Crippen LogP contribution in [-0.4, -0.2) is 24.6 Å². The van der Waals surface area contributed by atoms with E-state index in [0.29, 0.717) is 5.13 Å². The van der Waals surface area contributed by atoms with Crippen molar-refractivity contribution in [3.8, 4) is 0 Å². The predicted octanol–water partition coefficient (Wildman–Crippen LogP) is 4.63. The van der Waals surface area contributed by atoms with Gasteiger partial charge in [0.25, 0.3) is 6.08 Å². The fourth-order valence-corrected chi connectivity index (χ4v) is 2.52. The molecule has 0 saturated carbocycles. The van der Waals surface area contributed by atoms with Crippen molar-refractivity contribution in [2.75, 3.05) is 18.6 Å². The van der Waals surface area contributed by atoms with E-state index in [0.717, 1.165) is 5.69 Å². The first-order valence-corrected chi connectivity index (χ1v) is 7.79. The lowest BCUT2D eigenvalue weighted by Gasteiger charge is -2.15. The van der Waals surface area contributed by atoms with Crippen molar-refractivity contribution in [2.24, 2.45) is 0 Å². The topological polar surface area (TPSA) is 42.4 Å². The molecule has 7 heteroatoms. The molecular weight excluding hydrogens is 322 g/mol. The van der Waals surface area contributed by atoms with Crippen molar-refractivity contribution in [2.45, 2.75) is 13.3 Å². The summed E-state index contributed by atoms with van der Waals surface area (Å²) in [6, 6.07) is 9.60. The number of benzene rings is 1. The number of esters is 1. The van der Waals surface area contributed by atoms with Crippen LogP contribution in [0.25, 0.3) is 0 Å². The molecule has 2 aromatic rings. The first kappa shape index (κ1) is 17.1. The minimum atomic E-state index is -1.73. The van der Waals surface area contributed by atoms with Crippen LogP contribution in [0, 0.1) is 0 Å². The summed E-state index contributed by atoms with van der Waals surface area (Å²) in [6.45, 7) is 1.21. The van der Waals surface area contributed by atoms with Crippen molar-refractivity contribution < 1.29 is 18.3 Å². The summed E-state index contributed by atoms with van der Waals surface area (Å²) in [5, 5.41) is 2.24. The molecule has 0 radical (unpaired) electrons. The first-order valence-electron chi connectivity index (χ1n) is 6.91. The van der Waals surface area contributed by atoms with Crippen LogP contribution in [-0.2, 0) is 4.74 Å². The van der Waals surface area contributed by atoms with E-state index in [9.17, 15) is 13.6 Å². The molecule has 1 heterocycles. The van der Waals surface area contributed by atoms with Gasteiger partial charge in [-0.05, 0) is 24.6 Å². The van der Waals surface area contributed by atoms with Gasteiger partial charge in [0.1, 0.15) is 0 Å². The maximum atomic E-state index is 12.3. The highest BCUT2D eigenvalue weighted by molar-refractivity contribution is 7.14. The van der Waals surface area contributed by atoms with Gasteiger partial charge in [-0.3, -0.25) is 0 Å². The highest BCUT2D eigenvalue weighted by Crippen LogP contribution is 2.26. The van der Waals surface area contributed by atoms with Gasteiger partial charge in [-0.2, -0.15) is 8.78 Å². The number of rotatable bonds is 6. The zero-order chi connectivity index (χ0) is 16.8. The Bertz CT molecular complexity index is 697. The second-order valence-electron chi connectivity index (χ2n) is 4.84. The van der Waals surface area contributed by atoms with Gasteiger partial charge in [0, 0.05) is 24.5 Å². The predicted molar refractivity (Wildman–Crippen MR) is 86.4 cm³/mol. The van der Waals surface area contributed by atoms with Crippen LogP contribution in [0.4, 0.5) is 19.6 Å². The Morgan fingerprint density at radius 3 is 2.65 bits per heavy atom. The van der Waals surface area contributed by atoms with E-state index in [-0.39, 0.29) is 24.3 Å². The molecule has 4 nitrogen and oxygen atoms in total. The molecule has 2 rings (SSSR count). The van der Waals surface area contributed by atoms with E-state index in [1.807, 2.05) is 42.3 Å². The van der Waals surface area contributed by atoms with E-state index in [2.05, 4.69) is 4.98 Å². The number of para-hydroxylation sites is 1. The smallest absolute Gasteiger partial charge is 0.357 e. The Hall–Kier alpha value is -2.28. The Morgan fingerprint density at radius 1 is 1.30 bits per heavy atom. The maximum Gasteiger partial charge on any atom is 0.357 e. The fourth-order valence-electron chi connectivity index (χ4n) is 1.74. The van der Waals surface area contributed by atoms with E-state index in [4.69, 9.17) is 4.74 Å². The lowest BCUT2D eigenvalue weighted by Crippen LogP contribution is -2.11. The van der Waals surface area contributed by atoms with Crippen LogP contribution < -0.4 is 4.90 Å². The fraction of sp³-hybridized carbons (Fsp3) is 0.250. The quantitative estimate of drug-likeness (QED) is 0.720. The molecule has 0 aliphatic rings. The van der Waals surface area contributed by atoms with Gasteiger partial charge in [0.05, 0.1) is 6.61 Å². The number of thiazole rings is 1. The van der Waals surface area contributed by atoms with Crippen LogP contribution in [0.2, 0.25) is 0 Å². The van der Waals surface area contributed by atoms with Gasteiger partial charge in [-0.15, -0.1) is 11.3 Å². The number of ether oxygens (including phenoxy) is 1. The van der Waals surface area contributed by atoms with E-state index in [1.165, 1.54) is 18.3 Å². The number of anilines is 2. The zero-order valence-electron chi connectivity index (χ0n) is 12.8. The van der Waals surface area contributed by atoms with Crippen molar-refractivity contribution in [3.05, 3.63) is 53.1 Å². The Morgan fingerprint density at radius 2 is 2.00 bits per heavy atom. The molecule has 23 heavy (non-hydrogen) atoms. The maximum absolute atomic E-state index is 12.3. The number of carbonyl (C=O) groups is 1. The number of aromatic nitrogens is 1. The molecule has 0 aliphatic carbocycles. The second kappa shape index (κ2) is 7.82. The standard InChI is InChI=1S/C16H16F2N2O2S/c1-11(14(17)18)8-9-22-15(21)13-10-23-16(19-13)20(2)12-6-4-3-5-7-12/h3-7,10H,8-9H2,1-2H3. The van der Waals surface area contributed by atoms with Crippen LogP contribution >= 0.6 is 11.3 Å². The summed E-state index contributed by atoms with van der Waals surface area (Å²) in [5.41, 5.74) is 1.04. The average Bonchev–Trinajstić information content (AvgIpc) is 3.04. The van der Waals surface area contributed by atoms with Crippen LogP contribution in [0.3, 0.4) is 0 Å². The summed E-state index contributed by atoms with van der Waals surface area (Å²) in [6.07, 6.45) is -1.73. The van der Waals surface area contributed by atoms with E-state index >= 15 is 0 Å². The van der Waals surface area contributed by atoms with Crippen molar-refractivity contribution in [1.29, 1.82) is 0 Å². The minimum absolute atomic E-state index is 0.00891. The molecule has 122 valence electrons. The van der Waals surface area contributed by atoms with Crippen molar-refractivity contribution in [3.63, 3.8) is 0 Å². The number of hydrogen-bond donors (Lipinski definition) is 0. The van der Waals surface area contributed by atoms with Crippen molar-refractivity contribution >= 4 is 28.1 Å². The molecule has 0 unspecified atom stereocenters. The first-order chi connectivity index (χ1) is 11.0. The molecule has 0 N–H and O–H groups in total. The van der Waals surface area contributed by atoms with Gasteiger partial charge in [0.15, 0.2) is 10.8 Å². The molecule has 0 fully saturated rings. The normalized spacial score (nSPS) is 10.3. The SMILES string of the molecule is CC(CCOC(=O)c1csc(N(C)c2ccccc2)n1)=C(F)F. The van der Waals surface area contributed by atoms with E-state index in [1.54, 1.807) is 5.38 Å². The van der Waals surface area contributed by atoms with Gasteiger partial charge in [-0.25, -0.2) is 9.78 Å². The average molecular weight is 338 g/mol. The third-order valence-electron chi connectivity index (χ3n) is 3.16. The Balaban J connectivity index is 1.96. The number of nitrogens with zero attached hydrogens (tertiary/aromatic N) is 2. The molecular formula is C16H16F2N2O2S. The Kier molecular flexibility index (Phi) is 5.81. The van der Waals surface area contributed by atoms with Gasteiger partial charge in [-0.1, -0.05) is 18.2 Å². The van der Waals surface area contributed by atoms with Gasteiger partial charge in [0.2, 0.25) is 0 Å². The molecule has 0 spiro atoms. The van der Waals surface area contributed by atoms with Crippen LogP contribution in [0.1, 0.15) is 23.8 Å². The molecule has 0 aliphatic heterocycles. The summed E-state index contributed by atoms with van der Waals surface area (Å²) in [4.78, 5) is 18.0. The third kappa shape index (κ3) is 4.59. The third-order valence-corrected chi connectivity index (χ3v) is 4.08. The molecule has 0 atom stereocenters. The van der Waals surface area contributed by atoms with Crippen LogP contribution in [0.15, 0.2) is 47.4 Å². The largest absolute Gasteiger partial charge is 0.461 e. The molecule has 0 bridgehead atoms. The summed E-state index contributed by atoms with van der Waals surface area (Å²) in [7, 11) is 1.85.